The summed E-state index contributed by atoms with van der Waals surface area (Å²) in [6, 6.07) is 3.74. The Morgan fingerprint density at radius 2 is 1.88 bits per heavy atom. The number of carbonyl (C=O) groups is 1. The second-order valence-electron chi connectivity index (χ2n) is 5.65. The zero-order chi connectivity index (χ0) is 19.2. The minimum absolute atomic E-state index is 0.0178. The highest BCUT2D eigenvalue weighted by atomic mass is 32.2. The van der Waals surface area contributed by atoms with Crippen LogP contribution in [0.1, 0.15) is 30.9 Å². The van der Waals surface area contributed by atoms with E-state index in [2.05, 4.69) is 4.18 Å². The summed E-state index contributed by atoms with van der Waals surface area (Å²) in [5.41, 5.74) is -7.64. The molecule has 0 spiro atoms. The van der Waals surface area contributed by atoms with Gasteiger partial charge in [0.1, 0.15) is 17.0 Å². The Morgan fingerprint density at radius 3 is 2.40 bits per heavy atom. The molecular weight excluding hydrogens is 368 g/mol. The first-order valence-corrected chi connectivity index (χ1v) is 8.45. The molecule has 1 aliphatic carbocycles. The Bertz CT molecular complexity index is 857. The predicted octanol–water partition coefficient (Wildman–Crippen LogP) is 3.39. The summed E-state index contributed by atoms with van der Waals surface area (Å²) in [6.07, 6.45) is -0.593. The lowest BCUT2D eigenvalue weighted by molar-refractivity contribution is -0.142. The molecule has 0 radical (unpaired) electrons. The third-order valence-electron chi connectivity index (χ3n) is 4.37. The molecule has 0 aliphatic heterocycles. The van der Waals surface area contributed by atoms with Gasteiger partial charge < -0.3 is 9.29 Å². The van der Waals surface area contributed by atoms with Crippen molar-refractivity contribution in [3.8, 4) is 0 Å². The van der Waals surface area contributed by atoms with Crippen molar-refractivity contribution in [1.29, 1.82) is 0 Å². The van der Waals surface area contributed by atoms with Crippen LogP contribution in [0.3, 0.4) is 0 Å². The van der Waals surface area contributed by atoms with Crippen molar-refractivity contribution in [2.45, 2.75) is 37.6 Å². The molecule has 0 bridgehead atoms. The average Bonchev–Trinajstić information content (AvgIpc) is 2.79. The van der Waals surface area contributed by atoms with Gasteiger partial charge in [0.05, 0.1) is 0 Å². The summed E-state index contributed by atoms with van der Waals surface area (Å²) in [7, 11) is -5.92. The first-order valence-electron chi connectivity index (χ1n) is 7.04. The van der Waals surface area contributed by atoms with Gasteiger partial charge in [0.25, 0.3) is 0 Å². The van der Waals surface area contributed by atoms with Crippen molar-refractivity contribution in [2.24, 2.45) is 0 Å². The largest absolute Gasteiger partial charge is 0.534 e. The normalized spacial score (nSPS) is 21.5. The average molecular weight is 382 g/mol. The maximum absolute atomic E-state index is 13.8. The van der Waals surface area contributed by atoms with Crippen LogP contribution < -0.4 is 0 Å². The summed E-state index contributed by atoms with van der Waals surface area (Å²) >= 11 is 0. The monoisotopic (exact) mass is 382 g/mol. The summed E-state index contributed by atoms with van der Waals surface area (Å²) in [5.74, 6) is -2.70. The van der Waals surface area contributed by atoms with E-state index in [1.165, 1.54) is 26.0 Å². The first kappa shape index (κ1) is 19.2. The van der Waals surface area contributed by atoms with Crippen molar-refractivity contribution >= 4 is 16.1 Å². The quantitative estimate of drug-likeness (QED) is 0.491. The second kappa shape index (κ2) is 6.01. The van der Waals surface area contributed by atoms with E-state index in [0.717, 1.165) is 6.07 Å². The Hall–Kier alpha value is -2.10. The van der Waals surface area contributed by atoms with Gasteiger partial charge in [-0.15, -0.1) is 0 Å². The standard InChI is InChI=1S/C15H14F4O5S/c1-8-10(4-3-5-11(8)16)14(13(20)21)7-6-12(9(14)2)24-25(22,23)15(17,18)19/h3-5H,6-7H2,1-2H3,(H,20,21)/t14-/m1/s1. The number of alkyl halides is 3. The number of aliphatic carboxylic acids is 1. The molecule has 2 rings (SSSR count). The molecule has 138 valence electrons. The highest BCUT2D eigenvalue weighted by molar-refractivity contribution is 7.87. The molecule has 1 atom stereocenters. The third-order valence-corrected chi connectivity index (χ3v) is 5.36. The van der Waals surface area contributed by atoms with Crippen LogP contribution in [0.15, 0.2) is 29.5 Å². The highest BCUT2D eigenvalue weighted by Gasteiger charge is 2.53. The molecule has 10 heteroatoms. The van der Waals surface area contributed by atoms with Gasteiger partial charge in [-0.2, -0.15) is 21.6 Å². The fourth-order valence-electron chi connectivity index (χ4n) is 2.99. The van der Waals surface area contributed by atoms with Crippen LogP contribution in [0.2, 0.25) is 0 Å². The SMILES string of the molecule is CC1=C(OS(=O)(=O)C(F)(F)F)CC[C@]1(C(=O)O)c1cccc(F)c1C. The van der Waals surface area contributed by atoms with Gasteiger partial charge in [-0.3, -0.25) is 4.79 Å². The van der Waals surface area contributed by atoms with E-state index in [4.69, 9.17) is 0 Å². The predicted molar refractivity (Wildman–Crippen MR) is 78.4 cm³/mol. The molecule has 0 heterocycles. The molecule has 1 aliphatic rings. The topological polar surface area (TPSA) is 80.7 Å². The first-order chi connectivity index (χ1) is 11.3. The minimum atomic E-state index is -5.92. The molecule has 0 saturated carbocycles. The summed E-state index contributed by atoms with van der Waals surface area (Å²) < 4.78 is 77.9. The van der Waals surface area contributed by atoms with Crippen LogP contribution in [0.4, 0.5) is 17.6 Å². The number of hydrogen-bond donors (Lipinski definition) is 1. The van der Waals surface area contributed by atoms with Gasteiger partial charge >= 0.3 is 21.6 Å². The zero-order valence-electron chi connectivity index (χ0n) is 13.1. The lowest BCUT2D eigenvalue weighted by Gasteiger charge is -2.28. The number of rotatable bonds is 4. The minimum Gasteiger partial charge on any atom is -0.480 e. The molecular formula is C15H14F4O5S. The molecule has 1 aromatic carbocycles. The fraction of sp³-hybridized carbons (Fsp3) is 0.400. The van der Waals surface area contributed by atoms with E-state index in [9.17, 15) is 35.9 Å². The van der Waals surface area contributed by atoms with Crippen LogP contribution in [-0.2, 0) is 24.5 Å². The Balaban J connectivity index is 2.61. The maximum Gasteiger partial charge on any atom is 0.534 e. The number of allylic oxidation sites excluding steroid dienone is 1. The molecule has 0 saturated heterocycles. The highest BCUT2D eigenvalue weighted by Crippen LogP contribution is 2.48. The summed E-state index contributed by atoms with van der Waals surface area (Å²) in [4.78, 5) is 11.9. The van der Waals surface area contributed by atoms with Gasteiger partial charge in [0.2, 0.25) is 0 Å². The van der Waals surface area contributed by atoms with E-state index in [1.807, 2.05) is 0 Å². The molecule has 0 unspecified atom stereocenters. The zero-order valence-corrected chi connectivity index (χ0v) is 14.0. The van der Waals surface area contributed by atoms with E-state index in [-0.39, 0.29) is 29.5 Å². The summed E-state index contributed by atoms with van der Waals surface area (Å²) in [6.45, 7) is 2.51. The fourth-order valence-corrected chi connectivity index (χ4v) is 3.55. The van der Waals surface area contributed by atoms with Gasteiger partial charge in [0.15, 0.2) is 0 Å². The van der Waals surface area contributed by atoms with Crippen molar-refractivity contribution in [1.82, 2.24) is 0 Å². The lowest BCUT2D eigenvalue weighted by Crippen LogP contribution is -2.36. The number of halogens is 4. The van der Waals surface area contributed by atoms with E-state index in [0.29, 0.717) is 0 Å². The van der Waals surface area contributed by atoms with Gasteiger partial charge in [0, 0.05) is 6.42 Å². The van der Waals surface area contributed by atoms with E-state index >= 15 is 0 Å². The van der Waals surface area contributed by atoms with Gasteiger partial charge in [-0.1, -0.05) is 12.1 Å². The summed E-state index contributed by atoms with van der Waals surface area (Å²) in [5, 5.41) is 9.70. The lowest BCUT2D eigenvalue weighted by atomic mass is 9.73. The number of benzene rings is 1. The molecule has 1 N–H and O–H groups in total. The van der Waals surface area contributed by atoms with Gasteiger partial charge in [-0.05, 0) is 43.0 Å². The second-order valence-corrected chi connectivity index (χ2v) is 7.19. The van der Waals surface area contributed by atoms with Crippen molar-refractivity contribution in [2.75, 3.05) is 0 Å². The van der Waals surface area contributed by atoms with Crippen LogP contribution in [0.5, 0.6) is 0 Å². The van der Waals surface area contributed by atoms with E-state index < -0.39 is 38.6 Å². The number of carboxylic acids is 1. The van der Waals surface area contributed by atoms with Crippen molar-refractivity contribution in [3.63, 3.8) is 0 Å². The van der Waals surface area contributed by atoms with Crippen LogP contribution >= 0.6 is 0 Å². The molecule has 0 aromatic heterocycles. The van der Waals surface area contributed by atoms with Crippen molar-refractivity contribution in [3.05, 3.63) is 46.5 Å². The molecule has 1 aromatic rings. The van der Waals surface area contributed by atoms with Crippen LogP contribution in [0.25, 0.3) is 0 Å². The van der Waals surface area contributed by atoms with Crippen LogP contribution in [-0.4, -0.2) is 25.0 Å². The molecule has 0 amide bonds. The molecule has 0 fully saturated rings. The number of carboxylic acid groups (broad SMARTS) is 1. The Kier molecular flexibility index (Phi) is 4.62. The van der Waals surface area contributed by atoms with Crippen LogP contribution in [0, 0.1) is 12.7 Å². The molecule has 25 heavy (non-hydrogen) atoms. The Labute approximate surface area is 141 Å². The third kappa shape index (κ3) is 2.99. The number of hydrogen-bond acceptors (Lipinski definition) is 4. The van der Waals surface area contributed by atoms with Gasteiger partial charge in [-0.25, -0.2) is 4.39 Å². The van der Waals surface area contributed by atoms with Crippen molar-refractivity contribution < 1.29 is 40.1 Å². The Morgan fingerprint density at radius 1 is 1.28 bits per heavy atom. The maximum atomic E-state index is 13.8. The smallest absolute Gasteiger partial charge is 0.480 e. The molecule has 5 nitrogen and oxygen atoms in total. The van der Waals surface area contributed by atoms with E-state index in [1.54, 1.807) is 0 Å².